The van der Waals surface area contributed by atoms with Crippen LogP contribution in [0, 0.1) is 0 Å². The summed E-state index contributed by atoms with van der Waals surface area (Å²) >= 11 is 0. The molecule has 4 nitrogen and oxygen atoms in total. The number of aliphatic hydroxyl groups is 1. The molecule has 3 aromatic carbocycles. The summed E-state index contributed by atoms with van der Waals surface area (Å²) in [5.41, 5.74) is -2.11. The van der Waals surface area contributed by atoms with Gasteiger partial charge in [0.25, 0.3) is 0 Å². The van der Waals surface area contributed by atoms with Gasteiger partial charge >= 0.3 is 0 Å². The molecule has 0 saturated carbocycles. The third kappa shape index (κ3) is 1.64. The lowest BCUT2D eigenvalue weighted by Gasteiger charge is -2.21. The summed E-state index contributed by atoms with van der Waals surface area (Å²) in [5, 5.41) is 22.7. The third-order valence-corrected chi connectivity index (χ3v) is 4.36. The summed E-state index contributed by atoms with van der Waals surface area (Å²) in [5.74, 6) is -1.66. The van der Waals surface area contributed by atoms with Gasteiger partial charge in [-0.2, -0.15) is 0 Å². The van der Waals surface area contributed by atoms with Gasteiger partial charge in [0.1, 0.15) is 5.75 Å². The predicted octanol–water partition coefficient (Wildman–Crippen LogP) is 2.81. The van der Waals surface area contributed by atoms with Crippen LogP contribution in [-0.4, -0.2) is 21.8 Å². The molecule has 0 amide bonds. The highest BCUT2D eigenvalue weighted by atomic mass is 16.3. The molecule has 0 heterocycles. The Morgan fingerprint density at radius 1 is 0.739 bits per heavy atom. The van der Waals surface area contributed by atoms with Gasteiger partial charge in [-0.1, -0.05) is 60.7 Å². The molecule has 0 radical (unpaired) electrons. The Morgan fingerprint density at radius 2 is 1.30 bits per heavy atom. The molecular formula is C19H12O4. The summed E-state index contributed by atoms with van der Waals surface area (Å²) in [6.45, 7) is 0. The molecule has 0 atom stereocenters. The molecule has 0 aromatic heterocycles. The van der Waals surface area contributed by atoms with Gasteiger partial charge in [0.2, 0.25) is 17.2 Å². The van der Waals surface area contributed by atoms with Crippen molar-refractivity contribution in [3.8, 4) is 5.75 Å². The van der Waals surface area contributed by atoms with E-state index in [2.05, 4.69) is 0 Å². The van der Waals surface area contributed by atoms with Gasteiger partial charge in [0.15, 0.2) is 0 Å². The number of phenols is 1. The largest absolute Gasteiger partial charge is 0.507 e. The van der Waals surface area contributed by atoms with Crippen LogP contribution in [0.2, 0.25) is 0 Å². The van der Waals surface area contributed by atoms with E-state index in [1.54, 1.807) is 36.4 Å². The van der Waals surface area contributed by atoms with Crippen molar-refractivity contribution in [3.63, 3.8) is 0 Å². The van der Waals surface area contributed by atoms with Crippen molar-refractivity contribution < 1.29 is 19.8 Å². The second-order valence-corrected chi connectivity index (χ2v) is 5.60. The quantitative estimate of drug-likeness (QED) is 0.678. The maximum Gasteiger partial charge on any atom is 0.220 e. The van der Waals surface area contributed by atoms with E-state index < -0.39 is 17.2 Å². The van der Waals surface area contributed by atoms with Crippen molar-refractivity contribution in [1.82, 2.24) is 0 Å². The molecule has 1 aliphatic rings. The molecule has 0 fully saturated rings. The highest BCUT2D eigenvalue weighted by molar-refractivity contribution is 6.32. The smallest absolute Gasteiger partial charge is 0.220 e. The fourth-order valence-corrected chi connectivity index (χ4v) is 3.16. The lowest BCUT2D eigenvalue weighted by atomic mass is 9.86. The van der Waals surface area contributed by atoms with Crippen molar-refractivity contribution in [2.75, 3.05) is 0 Å². The number of fused-ring (bicyclic) bond motifs is 2. The summed E-state index contributed by atoms with van der Waals surface area (Å²) in [7, 11) is 0. The Labute approximate surface area is 131 Å². The van der Waals surface area contributed by atoms with E-state index in [-0.39, 0.29) is 22.4 Å². The van der Waals surface area contributed by atoms with Crippen LogP contribution in [0.1, 0.15) is 26.3 Å². The number of benzene rings is 3. The minimum absolute atomic E-state index is 0.0811. The molecule has 4 rings (SSSR count). The Balaban J connectivity index is 2.00. The predicted molar refractivity (Wildman–Crippen MR) is 84.6 cm³/mol. The second kappa shape index (κ2) is 4.51. The Kier molecular flexibility index (Phi) is 2.68. The van der Waals surface area contributed by atoms with Crippen LogP contribution in [0.25, 0.3) is 10.8 Å². The first kappa shape index (κ1) is 13.7. The maximum atomic E-state index is 12.6. The number of ketones is 2. The number of phenolic OH excluding ortho intramolecular Hbond substituents is 1. The minimum atomic E-state index is -2.38. The van der Waals surface area contributed by atoms with E-state index in [0.29, 0.717) is 5.39 Å². The van der Waals surface area contributed by atoms with E-state index >= 15 is 0 Å². The number of hydrogen-bond acceptors (Lipinski definition) is 4. The standard InChI is InChI=1S/C19H12O4/c20-16-12-6-2-1-5-11(12)9-10-15(16)19(23)17(21)13-7-3-4-8-14(13)18(19)22/h1-10,20,23H. The second-order valence-electron chi connectivity index (χ2n) is 5.60. The summed E-state index contributed by atoms with van der Waals surface area (Å²) in [4.78, 5) is 25.3. The van der Waals surface area contributed by atoms with Crippen LogP contribution in [0.4, 0.5) is 0 Å². The zero-order valence-corrected chi connectivity index (χ0v) is 12.0. The van der Waals surface area contributed by atoms with Gasteiger partial charge < -0.3 is 10.2 Å². The minimum Gasteiger partial charge on any atom is -0.507 e. The van der Waals surface area contributed by atoms with Gasteiger partial charge in [0, 0.05) is 22.1 Å². The van der Waals surface area contributed by atoms with Crippen LogP contribution in [0.15, 0.2) is 60.7 Å². The summed E-state index contributed by atoms with van der Waals surface area (Å²) < 4.78 is 0. The topological polar surface area (TPSA) is 74.6 Å². The molecular weight excluding hydrogens is 292 g/mol. The van der Waals surface area contributed by atoms with Crippen molar-refractivity contribution in [2.45, 2.75) is 5.60 Å². The molecule has 4 heteroatoms. The highest BCUT2D eigenvalue weighted by Crippen LogP contribution is 2.43. The van der Waals surface area contributed by atoms with Crippen molar-refractivity contribution in [2.24, 2.45) is 0 Å². The van der Waals surface area contributed by atoms with Crippen LogP contribution in [0.5, 0.6) is 5.75 Å². The number of carbonyl (C=O) groups is 2. The molecule has 0 saturated heterocycles. The summed E-state index contributed by atoms with van der Waals surface area (Å²) in [6.07, 6.45) is 0. The highest BCUT2D eigenvalue weighted by Gasteiger charge is 2.54. The fraction of sp³-hybridized carbons (Fsp3) is 0.0526. The SMILES string of the molecule is O=C1c2ccccc2C(=O)C1(O)c1ccc2ccccc2c1O. The first-order valence-corrected chi connectivity index (χ1v) is 7.17. The number of rotatable bonds is 1. The molecule has 0 spiro atoms. The van der Waals surface area contributed by atoms with Crippen LogP contribution < -0.4 is 0 Å². The Hall–Kier alpha value is -2.98. The van der Waals surface area contributed by atoms with Crippen molar-refractivity contribution in [3.05, 3.63) is 77.4 Å². The molecule has 0 unspecified atom stereocenters. The lowest BCUT2D eigenvalue weighted by Crippen LogP contribution is -2.38. The van der Waals surface area contributed by atoms with Gasteiger partial charge in [-0.05, 0) is 5.39 Å². The van der Waals surface area contributed by atoms with E-state index in [9.17, 15) is 19.8 Å². The van der Waals surface area contributed by atoms with Crippen molar-refractivity contribution in [1.29, 1.82) is 0 Å². The van der Waals surface area contributed by atoms with E-state index in [1.807, 2.05) is 6.07 Å². The van der Waals surface area contributed by atoms with Crippen LogP contribution >= 0.6 is 0 Å². The van der Waals surface area contributed by atoms with E-state index in [0.717, 1.165) is 5.39 Å². The first-order chi connectivity index (χ1) is 11.0. The zero-order chi connectivity index (χ0) is 16.2. The van der Waals surface area contributed by atoms with Gasteiger partial charge in [-0.25, -0.2) is 0 Å². The number of hydrogen-bond donors (Lipinski definition) is 2. The summed E-state index contributed by atoms with van der Waals surface area (Å²) in [6, 6.07) is 16.4. The van der Waals surface area contributed by atoms with E-state index in [1.165, 1.54) is 18.2 Å². The Morgan fingerprint density at radius 3 is 1.96 bits per heavy atom. The lowest BCUT2D eigenvalue weighted by molar-refractivity contribution is 0.0313. The molecule has 3 aromatic rings. The number of aromatic hydroxyl groups is 1. The van der Waals surface area contributed by atoms with Crippen LogP contribution in [-0.2, 0) is 5.60 Å². The monoisotopic (exact) mass is 304 g/mol. The molecule has 0 aliphatic heterocycles. The van der Waals surface area contributed by atoms with Crippen LogP contribution in [0.3, 0.4) is 0 Å². The van der Waals surface area contributed by atoms with E-state index in [4.69, 9.17) is 0 Å². The molecule has 1 aliphatic carbocycles. The average molecular weight is 304 g/mol. The van der Waals surface area contributed by atoms with Gasteiger partial charge in [0.05, 0.1) is 0 Å². The Bertz CT molecular complexity index is 953. The average Bonchev–Trinajstić information content (AvgIpc) is 2.78. The number of Topliss-reactive ketones (excluding diaryl/α,β-unsaturated/α-hetero) is 2. The fourth-order valence-electron chi connectivity index (χ4n) is 3.16. The molecule has 0 bridgehead atoms. The van der Waals surface area contributed by atoms with Crippen molar-refractivity contribution >= 4 is 22.3 Å². The van der Waals surface area contributed by atoms with Gasteiger partial charge in [-0.3, -0.25) is 9.59 Å². The molecule has 112 valence electrons. The normalized spacial score (nSPS) is 15.9. The van der Waals surface area contributed by atoms with Gasteiger partial charge in [-0.15, -0.1) is 0 Å². The zero-order valence-electron chi connectivity index (χ0n) is 12.0. The number of carbonyl (C=O) groups excluding carboxylic acids is 2. The molecule has 23 heavy (non-hydrogen) atoms. The maximum absolute atomic E-state index is 12.6. The third-order valence-electron chi connectivity index (χ3n) is 4.36. The first-order valence-electron chi connectivity index (χ1n) is 7.17. The molecule has 2 N–H and O–H groups in total.